The van der Waals surface area contributed by atoms with Crippen molar-refractivity contribution in [1.82, 2.24) is 0 Å². The van der Waals surface area contributed by atoms with Gasteiger partial charge in [-0.1, -0.05) is 32.9 Å². The Morgan fingerprint density at radius 3 is 2.54 bits per heavy atom. The predicted molar refractivity (Wildman–Crippen MR) is 62.6 cm³/mol. The normalized spacial score (nSPS) is 28.5. The molecule has 0 saturated heterocycles. The number of rotatable bonds is 0. The molecule has 13 heavy (non-hydrogen) atoms. The van der Waals surface area contributed by atoms with Gasteiger partial charge in [0.15, 0.2) is 0 Å². The SMILES string of the molecule is CC1(S)C=CC=C(C(C)(C)C)C=N1. The van der Waals surface area contributed by atoms with E-state index in [0.717, 1.165) is 0 Å². The highest BCUT2D eigenvalue weighted by molar-refractivity contribution is 7.82. The number of allylic oxidation sites excluding steroid dienone is 3. The van der Waals surface area contributed by atoms with Crippen LogP contribution in [0, 0.1) is 5.41 Å². The van der Waals surface area contributed by atoms with Crippen LogP contribution in [-0.4, -0.2) is 11.1 Å². The van der Waals surface area contributed by atoms with E-state index in [4.69, 9.17) is 0 Å². The molecule has 0 amide bonds. The van der Waals surface area contributed by atoms with Crippen molar-refractivity contribution in [3.8, 4) is 0 Å². The van der Waals surface area contributed by atoms with E-state index in [9.17, 15) is 0 Å². The first-order valence-electron chi connectivity index (χ1n) is 4.49. The molecule has 0 N–H and O–H groups in total. The Morgan fingerprint density at radius 2 is 2.00 bits per heavy atom. The molecule has 1 atom stereocenters. The number of nitrogens with zero attached hydrogens (tertiary/aromatic N) is 1. The molecular weight excluding hydrogens is 178 g/mol. The molecule has 0 saturated carbocycles. The number of hydrogen-bond acceptors (Lipinski definition) is 2. The largest absolute Gasteiger partial charge is 0.272 e. The van der Waals surface area contributed by atoms with Crippen molar-refractivity contribution in [3.63, 3.8) is 0 Å². The van der Waals surface area contributed by atoms with E-state index in [-0.39, 0.29) is 10.3 Å². The van der Waals surface area contributed by atoms with Gasteiger partial charge in [0, 0.05) is 6.21 Å². The van der Waals surface area contributed by atoms with Crippen molar-refractivity contribution in [2.24, 2.45) is 10.4 Å². The second kappa shape index (κ2) is 3.33. The molecule has 72 valence electrons. The summed E-state index contributed by atoms with van der Waals surface area (Å²) in [6.07, 6.45) is 8.05. The van der Waals surface area contributed by atoms with E-state index in [2.05, 4.69) is 44.5 Å². The van der Waals surface area contributed by atoms with Gasteiger partial charge in [-0.25, -0.2) is 0 Å². The predicted octanol–water partition coefficient (Wildman–Crippen LogP) is 3.25. The minimum Gasteiger partial charge on any atom is -0.272 e. The third-order valence-electron chi connectivity index (χ3n) is 2.02. The van der Waals surface area contributed by atoms with Crippen molar-refractivity contribution in [2.75, 3.05) is 0 Å². The molecule has 0 radical (unpaired) electrons. The van der Waals surface area contributed by atoms with Crippen LogP contribution in [0.2, 0.25) is 0 Å². The lowest BCUT2D eigenvalue weighted by Gasteiger charge is -2.19. The van der Waals surface area contributed by atoms with Crippen LogP contribution in [0.4, 0.5) is 0 Å². The van der Waals surface area contributed by atoms with Crippen LogP contribution in [0.3, 0.4) is 0 Å². The van der Waals surface area contributed by atoms with Crippen LogP contribution < -0.4 is 0 Å². The average Bonchev–Trinajstić information content (AvgIpc) is 2.08. The molecule has 1 aliphatic rings. The Kier molecular flexibility index (Phi) is 2.71. The molecular formula is C11H17NS. The van der Waals surface area contributed by atoms with Gasteiger partial charge in [0.25, 0.3) is 0 Å². The van der Waals surface area contributed by atoms with Crippen LogP contribution in [0.15, 0.2) is 28.8 Å². The summed E-state index contributed by atoms with van der Waals surface area (Å²) in [5.74, 6) is 0. The Hall–Kier alpha value is -0.500. The quantitative estimate of drug-likeness (QED) is 0.570. The maximum Gasteiger partial charge on any atom is 0.119 e. The molecule has 0 bridgehead atoms. The molecule has 1 heterocycles. The van der Waals surface area contributed by atoms with Gasteiger partial charge in [0.1, 0.15) is 4.87 Å². The summed E-state index contributed by atoms with van der Waals surface area (Å²) >= 11 is 4.41. The Bertz CT molecular complexity index is 277. The van der Waals surface area contributed by atoms with E-state index in [1.807, 2.05) is 25.3 Å². The van der Waals surface area contributed by atoms with Crippen LogP contribution in [0.1, 0.15) is 27.7 Å². The van der Waals surface area contributed by atoms with Gasteiger partial charge in [0.2, 0.25) is 0 Å². The van der Waals surface area contributed by atoms with Crippen molar-refractivity contribution < 1.29 is 0 Å². The fourth-order valence-corrected chi connectivity index (χ4v) is 1.21. The highest BCUT2D eigenvalue weighted by atomic mass is 32.1. The Morgan fingerprint density at radius 1 is 1.38 bits per heavy atom. The van der Waals surface area contributed by atoms with Crippen molar-refractivity contribution in [3.05, 3.63) is 23.8 Å². The maximum atomic E-state index is 4.41. The standard InChI is InChI=1S/C11H17NS/c1-10(2,3)9-6-5-7-11(4,13)12-8-9/h5-8,13H,1-4H3. The number of hydrogen-bond donors (Lipinski definition) is 1. The monoisotopic (exact) mass is 195 g/mol. The molecule has 0 aromatic carbocycles. The molecule has 0 aromatic heterocycles. The molecule has 1 unspecified atom stereocenters. The van der Waals surface area contributed by atoms with Gasteiger partial charge in [-0.3, -0.25) is 4.99 Å². The minimum atomic E-state index is -0.358. The van der Waals surface area contributed by atoms with Gasteiger partial charge < -0.3 is 0 Å². The Labute approximate surface area is 86.1 Å². The van der Waals surface area contributed by atoms with Gasteiger partial charge in [0.05, 0.1) is 0 Å². The zero-order chi connectivity index (χ0) is 10.1. The van der Waals surface area contributed by atoms with E-state index in [0.29, 0.717) is 0 Å². The number of aliphatic imine (C=N–C) groups is 1. The molecule has 1 rings (SSSR count). The first-order valence-corrected chi connectivity index (χ1v) is 4.94. The second-order valence-corrected chi connectivity index (χ2v) is 5.49. The summed E-state index contributed by atoms with van der Waals surface area (Å²) in [4.78, 5) is 4.03. The van der Waals surface area contributed by atoms with Gasteiger partial charge in [-0.05, 0) is 24.0 Å². The summed E-state index contributed by atoms with van der Waals surface area (Å²) in [5.41, 5.74) is 1.39. The second-order valence-electron chi connectivity index (χ2n) is 4.58. The first kappa shape index (κ1) is 10.6. The average molecular weight is 195 g/mol. The highest BCUT2D eigenvalue weighted by Gasteiger charge is 2.19. The van der Waals surface area contributed by atoms with Crippen LogP contribution in [-0.2, 0) is 0 Å². The number of thiol groups is 1. The zero-order valence-electron chi connectivity index (χ0n) is 8.70. The molecule has 1 nitrogen and oxygen atoms in total. The van der Waals surface area contributed by atoms with Crippen molar-refractivity contribution in [2.45, 2.75) is 32.6 Å². The van der Waals surface area contributed by atoms with Crippen molar-refractivity contribution >= 4 is 18.8 Å². The van der Waals surface area contributed by atoms with E-state index >= 15 is 0 Å². The Balaban J connectivity index is 2.96. The van der Waals surface area contributed by atoms with Gasteiger partial charge in [-0.15, -0.1) is 12.6 Å². The molecule has 0 fully saturated rings. The van der Waals surface area contributed by atoms with E-state index in [1.54, 1.807) is 0 Å². The fraction of sp³-hybridized carbons (Fsp3) is 0.545. The van der Waals surface area contributed by atoms with E-state index < -0.39 is 0 Å². The third kappa shape index (κ3) is 3.03. The highest BCUT2D eigenvalue weighted by Crippen LogP contribution is 2.27. The van der Waals surface area contributed by atoms with Gasteiger partial charge >= 0.3 is 0 Å². The first-order chi connectivity index (χ1) is 5.81. The summed E-state index contributed by atoms with van der Waals surface area (Å²) in [6.45, 7) is 8.52. The van der Waals surface area contributed by atoms with Gasteiger partial charge in [-0.2, -0.15) is 0 Å². The summed E-state index contributed by atoms with van der Waals surface area (Å²) in [7, 11) is 0. The molecule has 1 aliphatic heterocycles. The molecule has 0 aliphatic carbocycles. The molecule has 0 spiro atoms. The molecule has 0 aromatic rings. The summed E-state index contributed by atoms with van der Waals surface area (Å²) in [5, 5.41) is 0. The van der Waals surface area contributed by atoms with E-state index in [1.165, 1.54) is 5.57 Å². The third-order valence-corrected chi connectivity index (χ3v) is 2.28. The smallest absolute Gasteiger partial charge is 0.119 e. The van der Waals surface area contributed by atoms with Crippen LogP contribution in [0.5, 0.6) is 0 Å². The zero-order valence-corrected chi connectivity index (χ0v) is 9.60. The molecule has 2 heteroatoms. The fourth-order valence-electron chi connectivity index (χ4n) is 1.06. The maximum absolute atomic E-state index is 4.41. The lowest BCUT2D eigenvalue weighted by Crippen LogP contribution is -2.12. The lowest BCUT2D eigenvalue weighted by atomic mass is 9.87. The van der Waals surface area contributed by atoms with Crippen LogP contribution in [0.25, 0.3) is 0 Å². The van der Waals surface area contributed by atoms with Crippen molar-refractivity contribution in [1.29, 1.82) is 0 Å². The topological polar surface area (TPSA) is 12.4 Å². The minimum absolute atomic E-state index is 0.155. The lowest BCUT2D eigenvalue weighted by molar-refractivity contribution is 0.526. The summed E-state index contributed by atoms with van der Waals surface area (Å²) < 4.78 is 0. The van der Waals surface area contributed by atoms with Crippen LogP contribution >= 0.6 is 12.6 Å². The summed E-state index contributed by atoms with van der Waals surface area (Å²) in [6, 6.07) is 0.